The van der Waals surface area contributed by atoms with E-state index in [1.807, 2.05) is 31.2 Å². The molecule has 0 unspecified atom stereocenters. The molecule has 2 N–H and O–H groups in total. The quantitative estimate of drug-likeness (QED) is 0.782. The molecule has 142 valence electrons. The van der Waals surface area contributed by atoms with Gasteiger partial charge in [0.25, 0.3) is 5.91 Å². The number of nitrogens with zero attached hydrogens (tertiary/aromatic N) is 1. The molecular formula is C22H27N3OS. The summed E-state index contributed by atoms with van der Waals surface area (Å²) in [5.74, 6) is 0.00739. The zero-order valence-corrected chi connectivity index (χ0v) is 17.0. The molecule has 0 saturated carbocycles. The van der Waals surface area contributed by atoms with Crippen molar-refractivity contribution >= 4 is 28.9 Å². The van der Waals surface area contributed by atoms with Crippen molar-refractivity contribution in [1.82, 2.24) is 10.2 Å². The second kappa shape index (κ2) is 8.53. The fourth-order valence-corrected chi connectivity index (χ4v) is 3.60. The molecule has 27 heavy (non-hydrogen) atoms. The molecule has 0 bridgehead atoms. The fraction of sp³-hybridized carbons (Fsp3) is 0.364. The topological polar surface area (TPSA) is 44.4 Å². The first-order valence-corrected chi connectivity index (χ1v) is 9.84. The second-order valence-corrected chi connectivity index (χ2v) is 7.72. The largest absolute Gasteiger partial charge is 0.349 e. The SMILES string of the molecule is Cc1cccc(C(=O)NC2CCN(C(=S)Nc3ccc(C)c(C)c3)CC2)c1. The third-order valence-corrected chi connectivity index (χ3v) is 5.52. The average Bonchev–Trinajstić information content (AvgIpc) is 2.65. The van der Waals surface area contributed by atoms with E-state index in [2.05, 4.69) is 47.6 Å². The summed E-state index contributed by atoms with van der Waals surface area (Å²) in [5.41, 5.74) is 5.37. The lowest BCUT2D eigenvalue weighted by Crippen LogP contribution is -2.47. The van der Waals surface area contributed by atoms with Gasteiger partial charge in [-0.1, -0.05) is 23.8 Å². The van der Waals surface area contributed by atoms with Gasteiger partial charge in [-0.3, -0.25) is 4.79 Å². The Bertz CT molecular complexity index is 841. The molecule has 1 amide bonds. The molecule has 0 aliphatic carbocycles. The van der Waals surface area contributed by atoms with Crippen LogP contribution in [0.5, 0.6) is 0 Å². The Balaban J connectivity index is 1.50. The van der Waals surface area contributed by atoms with Gasteiger partial charge in [0.15, 0.2) is 5.11 Å². The first-order valence-electron chi connectivity index (χ1n) is 9.43. The number of carbonyl (C=O) groups is 1. The van der Waals surface area contributed by atoms with Crippen molar-refractivity contribution < 1.29 is 4.79 Å². The van der Waals surface area contributed by atoms with Gasteiger partial charge in [0.2, 0.25) is 0 Å². The zero-order valence-electron chi connectivity index (χ0n) is 16.2. The van der Waals surface area contributed by atoms with Crippen LogP contribution in [0.25, 0.3) is 0 Å². The Labute approximate surface area is 167 Å². The number of piperidine rings is 1. The lowest BCUT2D eigenvalue weighted by Gasteiger charge is -2.34. The molecular weight excluding hydrogens is 354 g/mol. The standard InChI is InChI=1S/C22H27N3OS/c1-15-5-4-6-18(13-15)21(26)23-19-9-11-25(12-10-19)22(27)24-20-8-7-16(2)17(3)14-20/h4-8,13-14,19H,9-12H2,1-3H3,(H,23,26)(H,24,27). The fourth-order valence-electron chi connectivity index (χ4n) is 3.30. The summed E-state index contributed by atoms with van der Waals surface area (Å²) in [6, 6.07) is 14.2. The number of thiocarbonyl (C=S) groups is 1. The molecule has 2 aromatic rings. The molecule has 0 radical (unpaired) electrons. The second-order valence-electron chi connectivity index (χ2n) is 7.33. The molecule has 0 spiro atoms. The Morgan fingerprint density at radius 1 is 1.04 bits per heavy atom. The van der Waals surface area contributed by atoms with Crippen LogP contribution in [0.3, 0.4) is 0 Å². The Morgan fingerprint density at radius 3 is 2.44 bits per heavy atom. The van der Waals surface area contributed by atoms with E-state index in [0.717, 1.165) is 47.9 Å². The van der Waals surface area contributed by atoms with Crippen LogP contribution >= 0.6 is 12.2 Å². The van der Waals surface area contributed by atoms with E-state index in [9.17, 15) is 4.79 Å². The van der Waals surface area contributed by atoms with Gasteiger partial charge >= 0.3 is 0 Å². The van der Waals surface area contributed by atoms with Crippen LogP contribution in [-0.4, -0.2) is 35.1 Å². The average molecular weight is 382 g/mol. The van der Waals surface area contributed by atoms with E-state index in [0.29, 0.717) is 0 Å². The highest BCUT2D eigenvalue weighted by Crippen LogP contribution is 2.17. The van der Waals surface area contributed by atoms with Crippen LogP contribution in [0.4, 0.5) is 5.69 Å². The van der Waals surface area contributed by atoms with Gasteiger partial charge in [0, 0.05) is 30.4 Å². The number of carbonyl (C=O) groups excluding carboxylic acids is 1. The van der Waals surface area contributed by atoms with Crippen molar-refractivity contribution in [3.8, 4) is 0 Å². The molecule has 1 heterocycles. The molecule has 3 rings (SSSR count). The minimum atomic E-state index is 0.00739. The van der Waals surface area contributed by atoms with Crippen molar-refractivity contribution in [3.05, 3.63) is 64.7 Å². The number of hydrogen-bond donors (Lipinski definition) is 2. The predicted molar refractivity (Wildman–Crippen MR) is 115 cm³/mol. The number of benzene rings is 2. The summed E-state index contributed by atoms with van der Waals surface area (Å²) in [7, 11) is 0. The van der Waals surface area contributed by atoms with Crippen molar-refractivity contribution in [1.29, 1.82) is 0 Å². The van der Waals surface area contributed by atoms with Crippen LogP contribution in [0.2, 0.25) is 0 Å². The number of likely N-dealkylation sites (tertiary alicyclic amines) is 1. The third kappa shape index (κ3) is 5.07. The molecule has 5 heteroatoms. The predicted octanol–water partition coefficient (Wildman–Crippen LogP) is 4.20. The number of amides is 1. The molecule has 0 atom stereocenters. The van der Waals surface area contributed by atoms with Gasteiger partial charge in [0.05, 0.1) is 0 Å². The molecule has 1 saturated heterocycles. The van der Waals surface area contributed by atoms with Crippen LogP contribution in [0, 0.1) is 20.8 Å². The normalized spacial score (nSPS) is 14.7. The first-order chi connectivity index (χ1) is 12.9. The van der Waals surface area contributed by atoms with Gasteiger partial charge in [-0.25, -0.2) is 0 Å². The van der Waals surface area contributed by atoms with Crippen molar-refractivity contribution in [2.24, 2.45) is 0 Å². The molecule has 1 fully saturated rings. The van der Waals surface area contributed by atoms with Gasteiger partial charge < -0.3 is 15.5 Å². The van der Waals surface area contributed by atoms with E-state index in [1.165, 1.54) is 11.1 Å². The summed E-state index contributed by atoms with van der Waals surface area (Å²) in [6.45, 7) is 7.89. The Kier molecular flexibility index (Phi) is 6.11. The molecule has 1 aliphatic heterocycles. The first kappa shape index (κ1) is 19.4. The monoisotopic (exact) mass is 381 g/mol. The molecule has 0 aromatic heterocycles. The molecule has 2 aromatic carbocycles. The van der Waals surface area contributed by atoms with Gasteiger partial charge in [-0.15, -0.1) is 0 Å². The van der Waals surface area contributed by atoms with Crippen LogP contribution in [0.15, 0.2) is 42.5 Å². The number of anilines is 1. The molecule has 4 nitrogen and oxygen atoms in total. The van der Waals surface area contributed by atoms with E-state index in [1.54, 1.807) is 0 Å². The maximum atomic E-state index is 12.4. The number of rotatable bonds is 3. The number of nitrogens with one attached hydrogen (secondary N) is 2. The summed E-state index contributed by atoms with van der Waals surface area (Å²) in [5, 5.41) is 7.24. The lowest BCUT2D eigenvalue weighted by atomic mass is 10.0. The van der Waals surface area contributed by atoms with Gasteiger partial charge in [-0.05, 0) is 81.2 Å². The smallest absolute Gasteiger partial charge is 0.251 e. The van der Waals surface area contributed by atoms with E-state index in [-0.39, 0.29) is 11.9 Å². The van der Waals surface area contributed by atoms with Crippen LogP contribution in [-0.2, 0) is 0 Å². The summed E-state index contributed by atoms with van der Waals surface area (Å²) < 4.78 is 0. The summed E-state index contributed by atoms with van der Waals surface area (Å²) in [4.78, 5) is 14.6. The molecule has 1 aliphatic rings. The maximum Gasteiger partial charge on any atom is 0.251 e. The van der Waals surface area contributed by atoms with Crippen LogP contribution in [0.1, 0.15) is 39.9 Å². The van der Waals surface area contributed by atoms with E-state index >= 15 is 0 Å². The highest BCUT2D eigenvalue weighted by atomic mass is 32.1. The highest BCUT2D eigenvalue weighted by molar-refractivity contribution is 7.80. The zero-order chi connectivity index (χ0) is 19.4. The summed E-state index contributed by atoms with van der Waals surface area (Å²) >= 11 is 5.58. The maximum absolute atomic E-state index is 12.4. The minimum absolute atomic E-state index is 0.00739. The highest BCUT2D eigenvalue weighted by Gasteiger charge is 2.22. The Hall–Kier alpha value is -2.40. The third-order valence-electron chi connectivity index (χ3n) is 5.16. The van der Waals surface area contributed by atoms with Gasteiger partial charge in [-0.2, -0.15) is 0 Å². The van der Waals surface area contributed by atoms with Crippen molar-refractivity contribution in [2.45, 2.75) is 39.7 Å². The number of aryl methyl sites for hydroxylation is 3. The van der Waals surface area contributed by atoms with E-state index < -0.39 is 0 Å². The van der Waals surface area contributed by atoms with Gasteiger partial charge in [0.1, 0.15) is 0 Å². The van der Waals surface area contributed by atoms with E-state index in [4.69, 9.17) is 12.2 Å². The van der Waals surface area contributed by atoms with Crippen LogP contribution < -0.4 is 10.6 Å². The van der Waals surface area contributed by atoms with Crippen molar-refractivity contribution in [3.63, 3.8) is 0 Å². The van der Waals surface area contributed by atoms with Crippen molar-refractivity contribution in [2.75, 3.05) is 18.4 Å². The summed E-state index contributed by atoms with van der Waals surface area (Å²) in [6.07, 6.45) is 1.79. The minimum Gasteiger partial charge on any atom is -0.349 e. The lowest BCUT2D eigenvalue weighted by molar-refractivity contribution is 0.0922. The number of hydrogen-bond acceptors (Lipinski definition) is 2. The Morgan fingerprint density at radius 2 is 1.78 bits per heavy atom.